The van der Waals surface area contributed by atoms with Crippen LogP contribution in [0.25, 0.3) is 0 Å². The van der Waals surface area contributed by atoms with Crippen LogP contribution in [-0.4, -0.2) is 35.0 Å². The Kier molecular flexibility index (Phi) is 4.92. The van der Waals surface area contributed by atoms with Gasteiger partial charge < -0.3 is 5.32 Å². The van der Waals surface area contributed by atoms with Crippen molar-refractivity contribution in [1.82, 2.24) is 10.2 Å². The first-order valence-electron chi connectivity index (χ1n) is 7.35. The minimum atomic E-state index is -1.33. The molecule has 0 radical (unpaired) electrons. The molecule has 1 aliphatic heterocycles. The average molecular weight is 323 g/mol. The lowest BCUT2D eigenvalue weighted by molar-refractivity contribution is -0.385. The largest absolute Gasteiger partial charge is 0.325 e. The van der Waals surface area contributed by atoms with Crippen LogP contribution in [0, 0.1) is 10.1 Å². The van der Waals surface area contributed by atoms with E-state index in [0.717, 1.165) is 4.90 Å². The number of rotatable bonds is 7. The van der Waals surface area contributed by atoms with Crippen LogP contribution in [0.5, 0.6) is 0 Å². The highest BCUT2D eigenvalue weighted by Crippen LogP contribution is 2.31. The number of imide groups is 1. The summed E-state index contributed by atoms with van der Waals surface area (Å²) in [6, 6.07) is 5.11. The lowest BCUT2D eigenvalue weighted by Crippen LogP contribution is -2.41. The number of carbonyl (C=O) groups is 2. The number of carbonyl (C=O) groups excluding carboxylic acids is 2. The predicted molar refractivity (Wildman–Crippen MR) is 80.5 cm³/mol. The molecule has 1 aliphatic rings. The third-order valence-corrected chi connectivity index (χ3v) is 3.92. The van der Waals surface area contributed by atoms with E-state index in [1.165, 1.54) is 25.1 Å². The summed E-state index contributed by atoms with van der Waals surface area (Å²) < 4.78 is 12.1. The zero-order valence-electron chi connectivity index (χ0n) is 12.8. The van der Waals surface area contributed by atoms with Crippen molar-refractivity contribution in [1.29, 1.82) is 0 Å². The summed E-state index contributed by atoms with van der Waals surface area (Å²) in [5.74, 6) is -0.455. The van der Waals surface area contributed by atoms with E-state index >= 15 is 0 Å². The molecule has 0 spiro atoms. The molecule has 0 saturated carbocycles. The molecule has 3 amide bonds. The van der Waals surface area contributed by atoms with Gasteiger partial charge in [0.15, 0.2) is 0 Å². The summed E-state index contributed by atoms with van der Waals surface area (Å²) >= 11 is 0. The highest BCUT2D eigenvalue weighted by atomic mass is 19.1. The lowest BCUT2D eigenvalue weighted by Gasteiger charge is -2.22. The fourth-order valence-electron chi connectivity index (χ4n) is 2.57. The first-order valence-corrected chi connectivity index (χ1v) is 7.35. The highest BCUT2D eigenvalue weighted by molar-refractivity contribution is 6.07. The normalized spacial score (nSPS) is 20.7. The van der Waals surface area contributed by atoms with Crippen molar-refractivity contribution >= 4 is 17.6 Å². The number of hydrogen-bond donors (Lipinski definition) is 1. The van der Waals surface area contributed by atoms with Crippen molar-refractivity contribution in [3.8, 4) is 0 Å². The molecule has 1 heterocycles. The number of halogens is 1. The maximum atomic E-state index is 12.6. The fraction of sp³-hybridized carbons (Fsp3) is 0.467. The number of unbranched alkanes of at least 4 members (excludes halogenated alkanes) is 2. The second-order valence-electron chi connectivity index (χ2n) is 5.57. The maximum absolute atomic E-state index is 12.6. The smallest absolute Gasteiger partial charge is 0.319 e. The zero-order valence-corrected chi connectivity index (χ0v) is 12.8. The summed E-state index contributed by atoms with van der Waals surface area (Å²) in [4.78, 5) is 36.0. The van der Waals surface area contributed by atoms with Gasteiger partial charge in [0, 0.05) is 18.7 Å². The molecular formula is C15H18FN3O4. The number of alkyl halides is 1. The number of non-ortho nitro benzene ring substituents is 1. The fourth-order valence-corrected chi connectivity index (χ4v) is 2.57. The number of nitrogens with zero attached hydrogens (tertiary/aromatic N) is 2. The summed E-state index contributed by atoms with van der Waals surface area (Å²) in [6.45, 7) is 1.30. The molecule has 1 fully saturated rings. The molecule has 1 aromatic rings. The predicted octanol–water partition coefficient (Wildman–Crippen LogP) is 2.50. The van der Waals surface area contributed by atoms with Crippen LogP contribution in [0.2, 0.25) is 0 Å². The van der Waals surface area contributed by atoms with Crippen LogP contribution in [0.1, 0.15) is 31.7 Å². The molecule has 7 nitrogen and oxygen atoms in total. The van der Waals surface area contributed by atoms with E-state index in [1.807, 2.05) is 0 Å². The molecule has 0 aromatic heterocycles. The molecule has 0 unspecified atom stereocenters. The number of nitrogens with one attached hydrogen (secondary N) is 1. The van der Waals surface area contributed by atoms with Crippen LogP contribution in [0.4, 0.5) is 14.9 Å². The molecule has 1 N–H and O–H groups in total. The number of amides is 3. The van der Waals surface area contributed by atoms with Crippen molar-refractivity contribution in [2.45, 2.75) is 31.7 Å². The Morgan fingerprint density at radius 2 is 2.04 bits per heavy atom. The Balaban J connectivity index is 2.19. The van der Waals surface area contributed by atoms with Crippen LogP contribution >= 0.6 is 0 Å². The van der Waals surface area contributed by atoms with E-state index in [9.17, 15) is 24.1 Å². The Hall–Kier alpha value is -2.51. The molecule has 124 valence electrons. The highest BCUT2D eigenvalue weighted by Gasteiger charge is 2.48. The number of hydrogen-bond acceptors (Lipinski definition) is 4. The quantitative estimate of drug-likeness (QED) is 0.361. The molecule has 0 aliphatic carbocycles. The molecule has 0 bridgehead atoms. The molecule has 1 saturated heterocycles. The van der Waals surface area contributed by atoms with Crippen molar-refractivity contribution in [3.63, 3.8) is 0 Å². The average Bonchev–Trinajstić information content (AvgIpc) is 2.75. The third-order valence-electron chi connectivity index (χ3n) is 3.92. The Morgan fingerprint density at radius 1 is 1.30 bits per heavy atom. The third kappa shape index (κ3) is 3.30. The molecule has 1 atom stereocenters. The first-order chi connectivity index (χ1) is 10.9. The minimum absolute atomic E-state index is 0.146. The van der Waals surface area contributed by atoms with Crippen molar-refractivity contribution in [2.75, 3.05) is 13.2 Å². The SMILES string of the molecule is C[C@@]1(c2cccc([N+](=O)[O-])c2)NC(=O)N(CCCCCF)C1=O. The van der Waals surface area contributed by atoms with Gasteiger partial charge in [0.2, 0.25) is 0 Å². The maximum Gasteiger partial charge on any atom is 0.325 e. The number of nitro groups is 1. The second kappa shape index (κ2) is 6.72. The standard InChI is InChI=1S/C15H18FN3O4/c1-15(11-6-5-7-12(10-11)19(22)23)13(20)18(14(21)17-15)9-4-2-3-8-16/h5-7,10H,2-4,8-9H2,1H3,(H,17,21)/t15-/m0/s1. The van der Waals surface area contributed by atoms with E-state index in [4.69, 9.17) is 0 Å². The van der Waals surface area contributed by atoms with Gasteiger partial charge in [-0.3, -0.25) is 24.2 Å². The van der Waals surface area contributed by atoms with E-state index < -0.39 is 29.1 Å². The van der Waals surface area contributed by atoms with Gasteiger partial charge in [0.1, 0.15) is 5.54 Å². The summed E-state index contributed by atoms with van der Waals surface area (Å²) in [5.41, 5.74) is -1.12. The summed E-state index contributed by atoms with van der Waals surface area (Å²) in [6.07, 6.45) is 1.50. The number of nitro benzene ring substituents is 1. The monoisotopic (exact) mass is 323 g/mol. The van der Waals surface area contributed by atoms with Crippen LogP contribution in [0.3, 0.4) is 0 Å². The van der Waals surface area contributed by atoms with Gasteiger partial charge in [-0.1, -0.05) is 12.1 Å². The van der Waals surface area contributed by atoms with Gasteiger partial charge in [-0.2, -0.15) is 0 Å². The van der Waals surface area contributed by atoms with Crippen LogP contribution in [-0.2, 0) is 10.3 Å². The van der Waals surface area contributed by atoms with Crippen molar-refractivity contribution < 1.29 is 18.9 Å². The second-order valence-corrected chi connectivity index (χ2v) is 5.57. The van der Waals surface area contributed by atoms with Gasteiger partial charge in [-0.15, -0.1) is 0 Å². The molecule has 1 aromatic carbocycles. The van der Waals surface area contributed by atoms with Gasteiger partial charge in [-0.25, -0.2) is 4.79 Å². The van der Waals surface area contributed by atoms with E-state index in [2.05, 4.69) is 5.32 Å². The number of benzene rings is 1. The first kappa shape index (κ1) is 16.9. The topological polar surface area (TPSA) is 92.6 Å². The Labute approximate surface area is 132 Å². The van der Waals surface area contributed by atoms with Gasteiger partial charge in [0.05, 0.1) is 11.6 Å². The van der Waals surface area contributed by atoms with Crippen molar-refractivity contribution in [2.24, 2.45) is 0 Å². The van der Waals surface area contributed by atoms with Crippen LogP contribution in [0.15, 0.2) is 24.3 Å². The van der Waals surface area contributed by atoms with E-state index in [-0.39, 0.29) is 12.2 Å². The van der Waals surface area contributed by atoms with Gasteiger partial charge in [-0.05, 0) is 31.7 Å². The molecule has 23 heavy (non-hydrogen) atoms. The molecule has 2 rings (SSSR count). The van der Waals surface area contributed by atoms with Gasteiger partial charge in [0.25, 0.3) is 11.6 Å². The van der Waals surface area contributed by atoms with Crippen molar-refractivity contribution in [3.05, 3.63) is 39.9 Å². The Bertz CT molecular complexity index is 637. The zero-order chi connectivity index (χ0) is 17.0. The molecular weight excluding hydrogens is 305 g/mol. The number of urea groups is 1. The van der Waals surface area contributed by atoms with E-state index in [0.29, 0.717) is 24.8 Å². The summed E-state index contributed by atoms with van der Waals surface area (Å²) in [7, 11) is 0. The van der Waals surface area contributed by atoms with Crippen LogP contribution < -0.4 is 5.32 Å². The summed E-state index contributed by atoms with van der Waals surface area (Å²) in [5, 5.41) is 13.5. The van der Waals surface area contributed by atoms with E-state index in [1.54, 1.807) is 6.07 Å². The van der Waals surface area contributed by atoms with Gasteiger partial charge >= 0.3 is 6.03 Å². The minimum Gasteiger partial charge on any atom is -0.319 e. The lowest BCUT2D eigenvalue weighted by atomic mass is 9.91. The Morgan fingerprint density at radius 3 is 2.70 bits per heavy atom. The molecule has 8 heteroatoms.